The van der Waals surface area contributed by atoms with Gasteiger partial charge in [0.15, 0.2) is 18.0 Å². The number of pyridine rings is 6. The lowest BCUT2D eigenvalue weighted by Crippen LogP contribution is -2.28. The van der Waals surface area contributed by atoms with Gasteiger partial charge in [-0.2, -0.15) is 8.78 Å². The summed E-state index contributed by atoms with van der Waals surface area (Å²) < 4.78 is 80.7. The number of rotatable bonds is 14. The minimum Gasteiger partial charge on any atom is -0.493 e. The number of benzene rings is 6. The van der Waals surface area contributed by atoms with E-state index in [1.54, 1.807) is 41.3 Å². The number of alkyl halides is 3. The van der Waals surface area contributed by atoms with Crippen molar-refractivity contribution in [3.8, 4) is 50.6 Å². The Morgan fingerprint density at radius 2 is 0.900 bits per heavy atom. The molecule has 4 atom stereocenters. The van der Waals surface area contributed by atoms with Crippen molar-refractivity contribution in [3.63, 3.8) is 0 Å². The standard InChI is InChI=1S/C30H30F2N2O3.C29H29FN2O4.C28H26N4O4.CH4/c1-16-15-21-19(8-10-23(34-21)30(6,31)32)26(24(16)28(17(2)35)37-29(3,4)5)20-7-9-22-25-18(12-14-36-22)11-13-33-27(20)25;1-15-14-21-18(6-8-20(32-21)16(2)30)25(23(15)27(28(33)34)36-29(3,4)5)19-7-9-22-24-17(11-13-35-22)10-12-31-26(19)24;1-15-13-20-18(6-5-17-14-30-31-32(17)20)24(22(15)26(27(33)34)36-28(2,3)4)19-7-8-21-23-16(10-12-35-21)9-11-29-25(19)23;/h7-11,13,15,28H,12,14H2,1-6H3;6-10,12,14,16,27H,11,13H2,1-5H3,(H,33,34);5-9,11,13-14,26H,10,12H2,1-4H3,(H,33,34);1H4/t28-;16?,27-;26-;/m100./s1. The maximum Gasteiger partial charge on any atom is 0.337 e. The summed E-state index contributed by atoms with van der Waals surface area (Å²) in [6, 6.07) is 33.5. The number of carboxylic acids is 2. The van der Waals surface area contributed by atoms with Crippen molar-refractivity contribution in [1.82, 2.24) is 39.7 Å². The van der Waals surface area contributed by atoms with E-state index in [1.165, 1.54) is 25.5 Å². The predicted molar refractivity (Wildman–Crippen MR) is 421 cm³/mol. The lowest BCUT2D eigenvalue weighted by Gasteiger charge is -2.30. The molecule has 22 heteroatoms. The summed E-state index contributed by atoms with van der Waals surface area (Å²) in [7, 11) is 0. The zero-order valence-electron chi connectivity index (χ0n) is 63.5. The molecule has 3 aliphatic heterocycles. The average Bonchev–Trinajstić information content (AvgIpc) is 1.77. The number of aromatic nitrogens is 8. The molecule has 0 saturated carbocycles. The van der Waals surface area contributed by atoms with Crippen LogP contribution < -0.4 is 14.2 Å². The molecule has 0 fully saturated rings. The van der Waals surface area contributed by atoms with Crippen molar-refractivity contribution in [2.45, 2.75) is 178 Å². The van der Waals surface area contributed by atoms with Gasteiger partial charge in [-0.15, -0.1) is 5.10 Å². The van der Waals surface area contributed by atoms with Gasteiger partial charge in [0.25, 0.3) is 5.92 Å². The van der Waals surface area contributed by atoms with Gasteiger partial charge in [-0.1, -0.05) is 24.8 Å². The first-order chi connectivity index (χ1) is 51.6. The quantitative estimate of drug-likeness (QED) is 0.103. The van der Waals surface area contributed by atoms with Crippen LogP contribution in [-0.2, 0) is 53.8 Å². The molecule has 16 rings (SSSR count). The number of hydrogen-bond acceptors (Lipinski definition) is 16. The molecule has 3 aliphatic rings. The summed E-state index contributed by atoms with van der Waals surface area (Å²) in [4.78, 5) is 61.4. The Morgan fingerprint density at radius 3 is 1.31 bits per heavy atom. The van der Waals surface area contributed by atoms with E-state index in [0.717, 1.165) is 137 Å². The Bertz CT molecular complexity index is 5840. The molecule has 7 aromatic heterocycles. The third kappa shape index (κ3) is 14.7. The van der Waals surface area contributed by atoms with Crippen LogP contribution in [0.15, 0.2) is 134 Å². The van der Waals surface area contributed by atoms with Crippen LogP contribution in [0.4, 0.5) is 13.2 Å². The topological polar surface area (TPSA) is 242 Å². The van der Waals surface area contributed by atoms with Crippen LogP contribution in [0.1, 0.15) is 176 Å². The van der Waals surface area contributed by atoms with Crippen molar-refractivity contribution < 1.29 is 66.2 Å². The van der Waals surface area contributed by atoms with Crippen LogP contribution in [0, 0.1) is 20.8 Å². The number of Topliss-reactive ketones (excluding diaryl/α,β-unsaturated/α-hetero) is 1. The van der Waals surface area contributed by atoms with Crippen LogP contribution in [0.5, 0.6) is 17.2 Å². The van der Waals surface area contributed by atoms with Crippen molar-refractivity contribution in [3.05, 3.63) is 195 Å². The molecule has 0 radical (unpaired) electrons. The monoisotopic (exact) mass is 1490 g/mol. The van der Waals surface area contributed by atoms with Gasteiger partial charge in [-0.25, -0.2) is 28.5 Å². The lowest BCUT2D eigenvalue weighted by molar-refractivity contribution is -0.161. The van der Waals surface area contributed by atoms with Gasteiger partial charge in [0.05, 0.1) is 87.1 Å². The van der Waals surface area contributed by atoms with Crippen LogP contribution in [-0.4, -0.2) is 104 Å². The summed E-state index contributed by atoms with van der Waals surface area (Å²) in [5, 5.41) is 34.0. The maximum absolute atomic E-state index is 14.2. The van der Waals surface area contributed by atoms with E-state index in [0.29, 0.717) is 80.7 Å². The SMILES string of the molecule is C.CC(=O)[C@@H](OC(C)(C)C)c1c(C)cc2nc(C(C)(F)F)ccc2c1-c1ccc2c3c(ccnc13)CCO2.Cc1cc2c(ccc3cnnn32)c(-c2ccc3c4c(ccnc24)CCO3)c1[C@H](OC(C)(C)C)C(=O)O.Cc1cc2nc(C(C)F)ccc2c(-c2ccc3c4c(ccnc24)CCO3)c1[C@H](OC(C)(C)C)C(=O)O. The Labute approximate surface area is 635 Å². The first kappa shape index (κ1) is 77.1. The zero-order chi connectivity index (χ0) is 77.7. The molecule has 0 bridgehead atoms. The Hall–Kier alpha value is -11.1. The maximum atomic E-state index is 14.2. The van der Waals surface area contributed by atoms with E-state index in [1.807, 2.05) is 174 Å². The van der Waals surface area contributed by atoms with E-state index in [9.17, 15) is 37.8 Å². The van der Waals surface area contributed by atoms with Crippen LogP contribution in [0.3, 0.4) is 0 Å². The molecule has 2 N–H and O–H groups in total. The fourth-order valence-electron chi connectivity index (χ4n) is 15.3. The molecular weight excluding hydrogens is 1400 g/mol. The van der Waals surface area contributed by atoms with E-state index >= 15 is 0 Å². The number of hydrogen-bond donors (Lipinski definition) is 2. The number of carboxylic acid groups (broad SMARTS) is 2. The second kappa shape index (κ2) is 29.4. The van der Waals surface area contributed by atoms with Crippen LogP contribution in [0.25, 0.3) is 104 Å². The molecule has 110 heavy (non-hydrogen) atoms. The van der Waals surface area contributed by atoms with Gasteiger partial charge in [0.1, 0.15) is 35.2 Å². The number of halogens is 3. The highest BCUT2D eigenvalue weighted by molar-refractivity contribution is 6.12. The molecule has 19 nitrogen and oxygen atoms in total. The molecule has 568 valence electrons. The highest BCUT2D eigenvalue weighted by Gasteiger charge is 2.38. The van der Waals surface area contributed by atoms with Crippen molar-refractivity contribution >= 4 is 88.7 Å². The lowest BCUT2D eigenvalue weighted by atomic mass is 9.85. The molecule has 0 spiro atoms. The number of nitrogens with zero attached hydrogens (tertiary/aromatic N) is 8. The minimum absolute atomic E-state index is 0. The average molecular weight is 1490 g/mol. The number of ketones is 1. The smallest absolute Gasteiger partial charge is 0.337 e. The van der Waals surface area contributed by atoms with Crippen molar-refractivity contribution in [2.24, 2.45) is 0 Å². The normalized spacial score (nSPS) is 14.5. The molecule has 13 aromatic rings. The van der Waals surface area contributed by atoms with Gasteiger partial charge in [-0.05, 0) is 250 Å². The summed E-state index contributed by atoms with van der Waals surface area (Å²) in [5.74, 6) is -3.06. The minimum atomic E-state index is -3.09. The van der Waals surface area contributed by atoms with Gasteiger partial charge in [-0.3, -0.25) is 19.7 Å². The summed E-state index contributed by atoms with van der Waals surface area (Å²) in [6.45, 7) is 28.0. The van der Waals surface area contributed by atoms with Crippen LogP contribution in [0.2, 0.25) is 0 Å². The van der Waals surface area contributed by atoms with Crippen molar-refractivity contribution in [2.75, 3.05) is 19.8 Å². The first-order valence-corrected chi connectivity index (χ1v) is 36.4. The molecule has 10 heterocycles. The highest BCUT2D eigenvalue weighted by Crippen LogP contribution is 2.50. The number of aryl methyl sites for hydroxylation is 3. The molecule has 6 aromatic carbocycles. The molecule has 0 saturated heterocycles. The highest BCUT2D eigenvalue weighted by atomic mass is 19.3. The van der Waals surface area contributed by atoms with E-state index in [-0.39, 0.29) is 18.9 Å². The Morgan fingerprint density at radius 1 is 0.509 bits per heavy atom. The largest absolute Gasteiger partial charge is 0.493 e. The van der Waals surface area contributed by atoms with Gasteiger partial charge in [0, 0.05) is 105 Å². The predicted octanol–water partition coefficient (Wildman–Crippen LogP) is 19.8. The number of carbonyl (C=O) groups excluding carboxylic acids is 1. The second-order valence-electron chi connectivity index (χ2n) is 31.2. The van der Waals surface area contributed by atoms with Gasteiger partial charge in [0.2, 0.25) is 0 Å². The van der Waals surface area contributed by atoms with Crippen LogP contribution >= 0.6 is 0 Å². The van der Waals surface area contributed by atoms with E-state index < -0.39 is 59.1 Å². The van der Waals surface area contributed by atoms with E-state index in [2.05, 4.69) is 20.3 Å². The fourth-order valence-corrected chi connectivity index (χ4v) is 15.3. The number of ether oxygens (including phenoxy) is 6. The molecular formula is C88H89F3N8O11. The third-order valence-corrected chi connectivity index (χ3v) is 19.7. The van der Waals surface area contributed by atoms with E-state index in [4.69, 9.17) is 43.4 Å². The summed E-state index contributed by atoms with van der Waals surface area (Å²) >= 11 is 0. The van der Waals surface area contributed by atoms with Crippen molar-refractivity contribution in [1.29, 1.82) is 0 Å². The molecule has 0 aliphatic carbocycles. The third-order valence-electron chi connectivity index (χ3n) is 19.7. The first-order valence-electron chi connectivity index (χ1n) is 36.4. The number of aliphatic carboxylic acids is 2. The number of fused-ring (bicyclic) bond motifs is 5. The Kier molecular flexibility index (Phi) is 20.6. The molecule has 1 unspecified atom stereocenters. The summed E-state index contributed by atoms with van der Waals surface area (Å²) in [5.41, 5.74) is 14.9. The fraction of sp³-hybridized carbons (Fsp3) is 0.341. The molecule has 0 amide bonds. The van der Waals surface area contributed by atoms with Gasteiger partial charge < -0.3 is 38.6 Å². The zero-order valence-corrected chi connectivity index (χ0v) is 63.5. The Balaban J connectivity index is 0.000000144. The second-order valence-corrected chi connectivity index (χ2v) is 31.2. The number of carbonyl (C=O) groups is 3. The van der Waals surface area contributed by atoms with Gasteiger partial charge >= 0.3 is 11.9 Å². The summed E-state index contributed by atoms with van der Waals surface area (Å²) in [6.07, 6.45) is 4.87.